The zero-order valence-electron chi connectivity index (χ0n) is 8.47. The zero-order chi connectivity index (χ0) is 11.3. The van der Waals surface area contributed by atoms with E-state index in [1.165, 1.54) is 13.2 Å². The smallest absolute Gasteiger partial charge is 0.329 e. The summed E-state index contributed by atoms with van der Waals surface area (Å²) in [6.45, 7) is 1.29. The van der Waals surface area contributed by atoms with Gasteiger partial charge in [0.15, 0.2) is 0 Å². The van der Waals surface area contributed by atoms with Crippen LogP contribution in [0.15, 0.2) is 12.3 Å². The van der Waals surface area contributed by atoms with Gasteiger partial charge in [-0.1, -0.05) is 0 Å². The lowest BCUT2D eigenvalue weighted by Crippen LogP contribution is -2.50. The number of hydrogen-bond acceptors (Lipinski definition) is 4. The number of amides is 1. The number of aliphatic carboxylic acids is 1. The van der Waals surface area contributed by atoms with Gasteiger partial charge in [-0.05, 0) is 0 Å². The maximum Gasteiger partial charge on any atom is 0.329 e. The average Bonchev–Trinajstić information content (AvgIpc) is 2.25. The lowest BCUT2D eigenvalue weighted by atomic mass is 10.2. The Hall–Kier alpha value is -1.56. The number of likely N-dealkylation sites (N-methyl/N-ethyl adjacent to an activating group) is 1. The Morgan fingerprint density at radius 2 is 2.33 bits per heavy atom. The number of morpholine rings is 1. The Morgan fingerprint density at radius 1 is 1.60 bits per heavy atom. The molecule has 0 aliphatic carbocycles. The molecule has 2 N–H and O–H groups in total. The Labute approximate surface area is 87.5 Å². The third-order valence-corrected chi connectivity index (χ3v) is 2.13. The first-order valence-electron chi connectivity index (χ1n) is 4.61. The van der Waals surface area contributed by atoms with Crippen molar-refractivity contribution in [2.75, 3.05) is 26.8 Å². The lowest BCUT2D eigenvalue weighted by Gasteiger charge is -2.33. The summed E-state index contributed by atoms with van der Waals surface area (Å²) >= 11 is 0. The Balaban J connectivity index is 2.65. The molecule has 1 unspecified atom stereocenters. The first-order chi connectivity index (χ1) is 7.15. The van der Waals surface area contributed by atoms with E-state index in [1.54, 1.807) is 4.90 Å². The predicted octanol–water partition coefficient (Wildman–Crippen LogP) is -0.968. The molecule has 1 rings (SSSR count). The number of hydrogen-bond donors (Lipinski definition) is 2. The summed E-state index contributed by atoms with van der Waals surface area (Å²) in [7, 11) is 1.54. The summed E-state index contributed by atoms with van der Waals surface area (Å²) in [6.07, 6.45) is 2.42. The number of carbonyl (C=O) groups excluding carboxylic acids is 1. The summed E-state index contributed by atoms with van der Waals surface area (Å²) in [5, 5.41) is 11.0. The van der Waals surface area contributed by atoms with E-state index >= 15 is 0 Å². The first-order valence-corrected chi connectivity index (χ1v) is 4.61. The molecular weight excluding hydrogens is 200 g/mol. The highest BCUT2D eigenvalue weighted by Gasteiger charge is 2.26. The van der Waals surface area contributed by atoms with Crippen LogP contribution in [0.2, 0.25) is 0 Å². The second-order valence-electron chi connectivity index (χ2n) is 3.10. The second kappa shape index (κ2) is 5.35. The molecule has 15 heavy (non-hydrogen) atoms. The Morgan fingerprint density at radius 3 is 2.93 bits per heavy atom. The molecule has 0 radical (unpaired) electrons. The predicted molar refractivity (Wildman–Crippen MR) is 52.2 cm³/mol. The fraction of sp³-hybridized carbons (Fsp3) is 0.556. The monoisotopic (exact) mass is 214 g/mol. The molecule has 1 aliphatic heterocycles. The van der Waals surface area contributed by atoms with Gasteiger partial charge in [0.05, 0.1) is 13.2 Å². The van der Waals surface area contributed by atoms with Crippen molar-refractivity contribution in [2.45, 2.75) is 6.04 Å². The third-order valence-electron chi connectivity index (χ3n) is 2.13. The van der Waals surface area contributed by atoms with Crippen LogP contribution in [-0.4, -0.2) is 54.7 Å². The highest BCUT2D eigenvalue weighted by molar-refractivity contribution is 5.82. The summed E-state index contributed by atoms with van der Waals surface area (Å²) in [4.78, 5) is 23.4. The van der Waals surface area contributed by atoms with Crippen molar-refractivity contribution in [3.8, 4) is 0 Å². The van der Waals surface area contributed by atoms with Crippen LogP contribution in [0.4, 0.5) is 0 Å². The molecule has 6 heteroatoms. The first kappa shape index (κ1) is 11.5. The molecule has 1 atom stereocenters. The van der Waals surface area contributed by atoms with Crippen molar-refractivity contribution in [1.82, 2.24) is 10.2 Å². The highest BCUT2D eigenvalue weighted by atomic mass is 16.5. The molecule has 84 valence electrons. The third kappa shape index (κ3) is 3.25. The van der Waals surface area contributed by atoms with Gasteiger partial charge in [-0.2, -0.15) is 0 Å². The van der Waals surface area contributed by atoms with Crippen molar-refractivity contribution in [3.05, 3.63) is 12.3 Å². The van der Waals surface area contributed by atoms with Crippen LogP contribution >= 0.6 is 0 Å². The van der Waals surface area contributed by atoms with E-state index in [2.05, 4.69) is 5.32 Å². The van der Waals surface area contributed by atoms with Crippen molar-refractivity contribution in [3.63, 3.8) is 0 Å². The van der Waals surface area contributed by atoms with Crippen molar-refractivity contribution >= 4 is 11.9 Å². The maximum absolute atomic E-state index is 11.4. The van der Waals surface area contributed by atoms with Gasteiger partial charge in [0, 0.05) is 25.9 Å². The van der Waals surface area contributed by atoms with Gasteiger partial charge >= 0.3 is 5.97 Å². The van der Waals surface area contributed by atoms with Crippen molar-refractivity contribution in [2.24, 2.45) is 0 Å². The van der Waals surface area contributed by atoms with Gasteiger partial charge in [0.2, 0.25) is 5.91 Å². The van der Waals surface area contributed by atoms with Gasteiger partial charge < -0.3 is 20.1 Å². The van der Waals surface area contributed by atoms with Crippen LogP contribution in [0.5, 0.6) is 0 Å². The Kier molecular flexibility index (Phi) is 4.11. The Bertz CT molecular complexity index is 277. The van der Waals surface area contributed by atoms with Crippen LogP contribution in [0.1, 0.15) is 0 Å². The molecular formula is C9H14N2O4. The molecule has 1 aliphatic rings. The van der Waals surface area contributed by atoms with Gasteiger partial charge in [-0.3, -0.25) is 4.79 Å². The van der Waals surface area contributed by atoms with Gasteiger partial charge in [-0.25, -0.2) is 4.79 Å². The molecule has 0 aromatic rings. The summed E-state index contributed by atoms with van der Waals surface area (Å²) in [5.74, 6) is -1.21. The molecule has 0 spiro atoms. The largest absolute Gasteiger partial charge is 0.478 e. The molecule has 1 amide bonds. The van der Waals surface area contributed by atoms with Crippen molar-refractivity contribution < 1.29 is 19.4 Å². The van der Waals surface area contributed by atoms with Crippen LogP contribution in [-0.2, 0) is 14.3 Å². The van der Waals surface area contributed by atoms with E-state index in [1.807, 2.05) is 0 Å². The van der Waals surface area contributed by atoms with E-state index in [-0.39, 0.29) is 12.5 Å². The number of carboxylic acid groups (broad SMARTS) is 1. The second-order valence-corrected chi connectivity index (χ2v) is 3.10. The van der Waals surface area contributed by atoms with E-state index < -0.39 is 12.0 Å². The van der Waals surface area contributed by atoms with Crippen molar-refractivity contribution in [1.29, 1.82) is 0 Å². The van der Waals surface area contributed by atoms with E-state index in [9.17, 15) is 9.59 Å². The number of nitrogens with one attached hydrogen (secondary N) is 1. The molecule has 0 aromatic carbocycles. The van der Waals surface area contributed by atoms with E-state index in [4.69, 9.17) is 9.84 Å². The number of nitrogens with zero attached hydrogens (tertiary/aromatic N) is 1. The van der Waals surface area contributed by atoms with Crippen LogP contribution in [0.3, 0.4) is 0 Å². The molecule has 1 fully saturated rings. The molecule has 1 saturated heterocycles. The number of rotatable bonds is 3. The van der Waals surface area contributed by atoms with Gasteiger partial charge in [0.1, 0.15) is 6.04 Å². The van der Waals surface area contributed by atoms with Crippen LogP contribution < -0.4 is 5.32 Å². The maximum atomic E-state index is 11.4. The molecule has 1 heterocycles. The fourth-order valence-electron chi connectivity index (χ4n) is 1.35. The zero-order valence-corrected chi connectivity index (χ0v) is 8.47. The van der Waals surface area contributed by atoms with Gasteiger partial charge in [0.25, 0.3) is 0 Å². The van der Waals surface area contributed by atoms with Crippen LogP contribution in [0.25, 0.3) is 0 Å². The minimum Gasteiger partial charge on any atom is -0.478 e. The quantitative estimate of drug-likeness (QED) is 0.591. The highest BCUT2D eigenvalue weighted by Crippen LogP contribution is 2.07. The van der Waals surface area contributed by atoms with Crippen LogP contribution in [0, 0.1) is 0 Å². The summed E-state index contributed by atoms with van der Waals surface area (Å²) < 4.78 is 5.16. The average molecular weight is 214 g/mol. The van der Waals surface area contributed by atoms with Gasteiger partial charge in [-0.15, -0.1) is 0 Å². The molecule has 0 bridgehead atoms. The number of carbonyl (C=O) groups is 2. The normalized spacial score (nSPS) is 21.7. The number of ether oxygens (including phenoxy) is 1. The minimum atomic E-state index is -1.03. The molecule has 0 aromatic heterocycles. The topological polar surface area (TPSA) is 78.9 Å². The fourth-order valence-corrected chi connectivity index (χ4v) is 1.35. The van der Waals surface area contributed by atoms with E-state index in [0.717, 1.165) is 6.08 Å². The minimum absolute atomic E-state index is 0.176. The standard InChI is InChI=1S/C9H14N2O4/c1-10-9(14)7-6-15-5-4-11(7)3-2-8(12)13/h2-3,7H,4-6H2,1H3,(H,10,14)(H,12,13)/b3-2+. The molecule has 6 nitrogen and oxygen atoms in total. The molecule has 0 saturated carbocycles. The summed E-state index contributed by atoms with van der Waals surface area (Å²) in [5.41, 5.74) is 0. The number of carboxylic acids is 1. The summed E-state index contributed by atoms with van der Waals surface area (Å²) in [6, 6.07) is -0.445. The van der Waals surface area contributed by atoms with E-state index in [0.29, 0.717) is 13.2 Å². The lowest BCUT2D eigenvalue weighted by molar-refractivity contribution is -0.132. The SMILES string of the molecule is CNC(=O)C1COCCN1/C=C/C(=O)O.